The van der Waals surface area contributed by atoms with Crippen molar-refractivity contribution in [2.75, 3.05) is 13.6 Å². The number of benzene rings is 1. The van der Waals surface area contributed by atoms with Crippen LogP contribution in [-0.2, 0) is 0 Å². The van der Waals surface area contributed by atoms with Crippen LogP contribution in [0.15, 0.2) is 12.1 Å². The fourth-order valence-electron chi connectivity index (χ4n) is 1.69. The van der Waals surface area contributed by atoms with Crippen molar-refractivity contribution < 1.29 is 4.74 Å². The van der Waals surface area contributed by atoms with Crippen molar-refractivity contribution in [2.24, 2.45) is 0 Å². The summed E-state index contributed by atoms with van der Waals surface area (Å²) in [6.45, 7) is 3.03. The summed E-state index contributed by atoms with van der Waals surface area (Å²) in [6, 6.07) is 3.32. The van der Waals surface area contributed by atoms with Crippen molar-refractivity contribution in [2.45, 2.75) is 32.3 Å². The van der Waals surface area contributed by atoms with Crippen LogP contribution in [0.2, 0.25) is 15.1 Å². The zero-order valence-corrected chi connectivity index (χ0v) is 12.9. The SMILES string of the molecule is CCC[C@H](CCNC)Oc1cc(Cl)cc(Cl)c1Cl. The quantitative estimate of drug-likeness (QED) is 0.730. The summed E-state index contributed by atoms with van der Waals surface area (Å²) >= 11 is 18.0. The number of hydrogen-bond donors (Lipinski definition) is 1. The summed E-state index contributed by atoms with van der Waals surface area (Å²) in [7, 11) is 1.92. The Bertz CT molecular complexity index is 385. The Balaban J connectivity index is 2.79. The average Bonchev–Trinajstić information content (AvgIpc) is 2.32. The van der Waals surface area contributed by atoms with Gasteiger partial charge in [-0.2, -0.15) is 0 Å². The van der Waals surface area contributed by atoms with Gasteiger partial charge in [-0.25, -0.2) is 0 Å². The third kappa shape index (κ3) is 4.85. The van der Waals surface area contributed by atoms with Crippen LogP contribution in [0.3, 0.4) is 0 Å². The van der Waals surface area contributed by atoms with E-state index in [1.54, 1.807) is 12.1 Å². The summed E-state index contributed by atoms with van der Waals surface area (Å²) in [5.74, 6) is 0.559. The molecule has 0 heterocycles. The van der Waals surface area contributed by atoms with Gasteiger partial charge in [0.1, 0.15) is 10.8 Å². The van der Waals surface area contributed by atoms with Crippen LogP contribution >= 0.6 is 34.8 Å². The first-order valence-electron chi connectivity index (χ1n) is 6.04. The zero-order chi connectivity index (χ0) is 13.5. The smallest absolute Gasteiger partial charge is 0.141 e. The Labute approximate surface area is 124 Å². The Morgan fingerprint density at radius 1 is 1.22 bits per heavy atom. The molecule has 0 aliphatic heterocycles. The van der Waals surface area contributed by atoms with Gasteiger partial charge in [-0.1, -0.05) is 48.1 Å². The van der Waals surface area contributed by atoms with Crippen LogP contribution in [0.1, 0.15) is 26.2 Å². The highest BCUT2D eigenvalue weighted by Crippen LogP contribution is 2.36. The molecule has 0 saturated heterocycles. The standard InChI is InChI=1S/C13H18Cl3NO/c1-3-4-10(5-6-17-2)18-12-8-9(14)7-11(15)13(12)16/h7-8,10,17H,3-6H2,1-2H3/t10-/m1/s1. The number of hydrogen-bond acceptors (Lipinski definition) is 2. The van der Waals surface area contributed by atoms with Crippen molar-refractivity contribution in [1.29, 1.82) is 0 Å². The zero-order valence-electron chi connectivity index (χ0n) is 10.6. The molecule has 0 radical (unpaired) electrons. The molecule has 0 saturated carbocycles. The predicted octanol–water partition coefficient (Wildman–Crippen LogP) is 4.80. The first-order chi connectivity index (χ1) is 8.58. The number of halogens is 3. The Kier molecular flexibility index (Phi) is 7.16. The summed E-state index contributed by atoms with van der Waals surface area (Å²) in [5.41, 5.74) is 0. The summed E-state index contributed by atoms with van der Waals surface area (Å²) in [5, 5.41) is 4.49. The van der Waals surface area contributed by atoms with E-state index in [2.05, 4.69) is 12.2 Å². The maximum Gasteiger partial charge on any atom is 0.141 e. The van der Waals surface area contributed by atoms with E-state index in [1.807, 2.05) is 7.05 Å². The number of nitrogens with one attached hydrogen (secondary N) is 1. The molecule has 0 amide bonds. The highest BCUT2D eigenvalue weighted by Gasteiger charge is 2.14. The van der Waals surface area contributed by atoms with Gasteiger partial charge in [0.15, 0.2) is 0 Å². The monoisotopic (exact) mass is 309 g/mol. The van der Waals surface area contributed by atoms with E-state index < -0.39 is 0 Å². The highest BCUT2D eigenvalue weighted by atomic mass is 35.5. The van der Waals surface area contributed by atoms with Gasteiger partial charge in [-0.3, -0.25) is 0 Å². The van der Waals surface area contributed by atoms with E-state index in [0.717, 1.165) is 25.8 Å². The third-order valence-electron chi connectivity index (χ3n) is 2.58. The molecular formula is C13H18Cl3NO. The molecule has 102 valence electrons. The van der Waals surface area contributed by atoms with E-state index in [1.165, 1.54) is 0 Å². The minimum absolute atomic E-state index is 0.120. The second-order valence-electron chi connectivity index (χ2n) is 4.12. The van der Waals surface area contributed by atoms with Gasteiger partial charge < -0.3 is 10.1 Å². The van der Waals surface area contributed by atoms with Crippen LogP contribution in [0, 0.1) is 0 Å². The second kappa shape index (κ2) is 8.11. The predicted molar refractivity (Wildman–Crippen MR) is 79.3 cm³/mol. The fourth-order valence-corrected chi connectivity index (χ4v) is 2.32. The van der Waals surface area contributed by atoms with Gasteiger partial charge in [0.25, 0.3) is 0 Å². The number of ether oxygens (including phenoxy) is 1. The molecule has 0 fully saturated rings. The van der Waals surface area contributed by atoms with Crippen LogP contribution in [0.25, 0.3) is 0 Å². The first-order valence-corrected chi connectivity index (χ1v) is 7.17. The van der Waals surface area contributed by atoms with Crippen molar-refractivity contribution in [3.05, 3.63) is 27.2 Å². The minimum atomic E-state index is 0.120. The summed E-state index contributed by atoms with van der Waals surface area (Å²) in [4.78, 5) is 0. The molecule has 0 unspecified atom stereocenters. The average molecular weight is 311 g/mol. The second-order valence-corrected chi connectivity index (χ2v) is 5.34. The first kappa shape index (κ1) is 15.9. The largest absolute Gasteiger partial charge is 0.489 e. The van der Waals surface area contributed by atoms with Gasteiger partial charge in [0.2, 0.25) is 0 Å². The van der Waals surface area contributed by atoms with Gasteiger partial charge in [0, 0.05) is 11.1 Å². The van der Waals surface area contributed by atoms with Crippen molar-refractivity contribution in [1.82, 2.24) is 5.32 Å². The Morgan fingerprint density at radius 3 is 2.56 bits per heavy atom. The molecule has 1 aromatic rings. The van der Waals surface area contributed by atoms with Crippen molar-refractivity contribution in [3.8, 4) is 5.75 Å². The van der Waals surface area contributed by atoms with Crippen LogP contribution in [0.4, 0.5) is 0 Å². The van der Waals surface area contributed by atoms with Crippen molar-refractivity contribution >= 4 is 34.8 Å². The van der Waals surface area contributed by atoms with E-state index in [9.17, 15) is 0 Å². The van der Waals surface area contributed by atoms with Crippen LogP contribution < -0.4 is 10.1 Å². The van der Waals surface area contributed by atoms with Crippen LogP contribution in [-0.4, -0.2) is 19.7 Å². The molecular weight excluding hydrogens is 293 g/mol. The molecule has 2 nitrogen and oxygen atoms in total. The topological polar surface area (TPSA) is 21.3 Å². The Hall–Kier alpha value is -0.150. The van der Waals surface area contributed by atoms with Gasteiger partial charge in [0.05, 0.1) is 11.1 Å². The van der Waals surface area contributed by atoms with E-state index in [-0.39, 0.29) is 6.10 Å². The van der Waals surface area contributed by atoms with Gasteiger partial charge >= 0.3 is 0 Å². The minimum Gasteiger partial charge on any atom is -0.489 e. The van der Waals surface area contributed by atoms with Gasteiger partial charge in [-0.05, 0) is 32.5 Å². The molecule has 0 spiro atoms. The lowest BCUT2D eigenvalue weighted by Gasteiger charge is -2.20. The lowest BCUT2D eigenvalue weighted by molar-refractivity contribution is 0.180. The molecule has 0 aromatic heterocycles. The molecule has 1 atom stereocenters. The molecule has 0 aliphatic carbocycles. The molecule has 1 N–H and O–H groups in total. The highest BCUT2D eigenvalue weighted by molar-refractivity contribution is 6.44. The van der Waals surface area contributed by atoms with E-state index >= 15 is 0 Å². The normalized spacial score (nSPS) is 12.5. The molecule has 5 heteroatoms. The van der Waals surface area contributed by atoms with Crippen LogP contribution in [0.5, 0.6) is 5.75 Å². The Morgan fingerprint density at radius 2 is 1.94 bits per heavy atom. The van der Waals surface area contributed by atoms with Crippen molar-refractivity contribution in [3.63, 3.8) is 0 Å². The lowest BCUT2D eigenvalue weighted by Crippen LogP contribution is -2.22. The lowest BCUT2D eigenvalue weighted by atomic mass is 10.1. The van der Waals surface area contributed by atoms with E-state index in [0.29, 0.717) is 20.8 Å². The third-order valence-corrected chi connectivity index (χ3v) is 3.58. The summed E-state index contributed by atoms with van der Waals surface area (Å²) < 4.78 is 5.91. The van der Waals surface area contributed by atoms with E-state index in [4.69, 9.17) is 39.5 Å². The molecule has 1 aromatic carbocycles. The molecule has 18 heavy (non-hydrogen) atoms. The molecule has 0 aliphatic rings. The molecule has 1 rings (SSSR count). The van der Waals surface area contributed by atoms with Gasteiger partial charge in [-0.15, -0.1) is 0 Å². The summed E-state index contributed by atoms with van der Waals surface area (Å²) in [6.07, 6.45) is 3.07. The number of rotatable bonds is 7. The fraction of sp³-hybridized carbons (Fsp3) is 0.538. The maximum absolute atomic E-state index is 6.11. The molecule has 0 bridgehead atoms. The maximum atomic E-state index is 6.11.